The third-order valence-electron chi connectivity index (χ3n) is 3.52. The van der Waals surface area contributed by atoms with Crippen molar-refractivity contribution in [2.75, 3.05) is 39.9 Å². The molecular formula is C12H20N4O4S. The molecule has 2 heterocycles. The summed E-state index contributed by atoms with van der Waals surface area (Å²) in [5.41, 5.74) is 0.996. The summed E-state index contributed by atoms with van der Waals surface area (Å²) in [6.45, 7) is 4.67. The summed E-state index contributed by atoms with van der Waals surface area (Å²) in [6.07, 6.45) is 0. The van der Waals surface area contributed by atoms with Crippen LogP contribution in [0.1, 0.15) is 11.4 Å². The number of aromatic nitrogens is 2. The predicted molar refractivity (Wildman–Crippen MR) is 75.3 cm³/mol. The normalized spacial score (nSPS) is 17.2. The first-order chi connectivity index (χ1) is 9.87. The number of aryl methyl sites for hydroxylation is 2. The minimum Gasteiger partial charge on any atom is -0.375 e. The van der Waals surface area contributed by atoms with Gasteiger partial charge in [-0.3, -0.25) is 9.89 Å². The zero-order valence-electron chi connectivity index (χ0n) is 12.4. The van der Waals surface area contributed by atoms with Gasteiger partial charge in [0.25, 0.3) is 0 Å². The number of rotatable bonds is 4. The van der Waals surface area contributed by atoms with Crippen LogP contribution in [-0.4, -0.2) is 73.6 Å². The number of H-pyrrole nitrogens is 1. The zero-order valence-corrected chi connectivity index (χ0v) is 13.2. The third-order valence-corrected chi connectivity index (χ3v) is 5.68. The predicted octanol–water partition coefficient (Wildman–Crippen LogP) is -0.494. The van der Waals surface area contributed by atoms with Gasteiger partial charge in [-0.15, -0.1) is 0 Å². The number of hydrogen-bond donors (Lipinski definition) is 1. The molecule has 2 rings (SSSR count). The van der Waals surface area contributed by atoms with Crippen molar-refractivity contribution in [1.29, 1.82) is 0 Å². The van der Waals surface area contributed by atoms with E-state index in [2.05, 4.69) is 10.2 Å². The van der Waals surface area contributed by atoms with Crippen molar-refractivity contribution >= 4 is 15.9 Å². The van der Waals surface area contributed by atoms with E-state index < -0.39 is 10.0 Å². The summed E-state index contributed by atoms with van der Waals surface area (Å²) in [5.74, 6) is -0.120. The van der Waals surface area contributed by atoms with Gasteiger partial charge in [-0.2, -0.15) is 9.40 Å². The zero-order chi connectivity index (χ0) is 15.6. The highest BCUT2D eigenvalue weighted by molar-refractivity contribution is 7.89. The smallest absolute Gasteiger partial charge is 0.248 e. The number of aromatic amines is 1. The molecule has 1 fully saturated rings. The number of amides is 1. The van der Waals surface area contributed by atoms with Gasteiger partial charge >= 0.3 is 0 Å². The lowest BCUT2D eigenvalue weighted by molar-refractivity contribution is -0.136. The van der Waals surface area contributed by atoms with Crippen molar-refractivity contribution in [1.82, 2.24) is 19.4 Å². The van der Waals surface area contributed by atoms with E-state index in [1.807, 2.05) is 0 Å². The average Bonchev–Trinajstić information content (AvgIpc) is 2.79. The largest absolute Gasteiger partial charge is 0.375 e. The molecule has 1 aromatic rings. The van der Waals surface area contributed by atoms with Gasteiger partial charge in [0.15, 0.2) is 0 Å². The minimum atomic E-state index is -3.57. The molecule has 21 heavy (non-hydrogen) atoms. The van der Waals surface area contributed by atoms with Crippen LogP contribution in [-0.2, 0) is 19.6 Å². The summed E-state index contributed by atoms with van der Waals surface area (Å²) < 4.78 is 31.5. The SMILES string of the molecule is COCC(=O)N1CCN(S(=O)(=O)c2c(C)n[nH]c2C)CC1. The van der Waals surface area contributed by atoms with E-state index >= 15 is 0 Å². The fourth-order valence-electron chi connectivity index (χ4n) is 2.44. The topological polar surface area (TPSA) is 95.6 Å². The van der Waals surface area contributed by atoms with E-state index in [9.17, 15) is 13.2 Å². The molecule has 1 amide bonds. The van der Waals surface area contributed by atoms with E-state index in [1.165, 1.54) is 11.4 Å². The maximum atomic E-state index is 12.6. The fourth-order valence-corrected chi connectivity index (χ4v) is 4.20. The van der Waals surface area contributed by atoms with Crippen LogP contribution in [0.2, 0.25) is 0 Å². The Labute approximate surface area is 124 Å². The Balaban J connectivity index is 2.10. The summed E-state index contributed by atoms with van der Waals surface area (Å²) in [7, 11) is -2.11. The van der Waals surface area contributed by atoms with Crippen LogP contribution in [0.15, 0.2) is 4.90 Å². The molecule has 1 saturated heterocycles. The molecule has 0 aliphatic carbocycles. The number of hydrogen-bond acceptors (Lipinski definition) is 5. The highest BCUT2D eigenvalue weighted by atomic mass is 32.2. The lowest BCUT2D eigenvalue weighted by Crippen LogP contribution is -2.51. The van der Waals surface area contributed by atoms with Crippen LogP contribution in [0.25, 0.3) is 0 Å². The molecule has 0 aromatic carbocycles. The van der Waals surface area contributed by atoms with Crippen molar-refractivity contribution in [2.45, 2.75) is 18.7 Å². The number of carbonyl (C=O) groups is 1. The van der Waals surface area contributed by atoms with E-state index in [-0.39, 0.29) is 30.5 Å². The van der Waals surface area contributed by atoms with Crippen LogP contribution >= 0.6 is 0 Å². The summed E-state index contributed by atoms with van der Waals surface area (Å²) in [4.78, 5) is 13.6. The Morgan fingerprint density at radius 3 is 2.38 bits per heavy atom. The second-order valence-electron chi connectivity index (χ2n) is 4.98. The van der Waals surface area contributed by atoms with E-state index in [0.717, 1.165) is 0 Å². The first-order valence-corrected chi connectivity index (χ1v) is 8.10. The Morgan fingerprint density at radius 2 is 1.90 bits per heavy atom. The fraction of sp³-hybridized carbons (Fsp3) is 0.667. The van der Waals surface area contributed by atoms with Gasteiger partial charge in [0.1, 0.15) is 11.5 Å². The quantitative estimate of drug-likeness (QED) is 0.808. The molecule has 0 saturated carbocycles. The molecule has 1 aliphatic heterocycles. The molecule has 118 valence electrons. The second kappa shape index (κ2) is 6.12. The second-order valence-corrected chi connectivity index (χ2v) is 6.86. The van der Waals surface area contributed by atoms with E-state index in [0.29, 0.717) is 24.5 Å². The lowest BCUT2D eigenvalue weighted by atomic mass is 10.3. The van der Waals surface area contributed by atoms with Crippen LogP contribution in [0, 0.1) is 13.8 Å². The van der Waals surface area contributed by atoms with Gasteiger partial charge in [-0.25, -0.2) is 8.42 Å². The van der Waals surface area contributed by atoms with Gasteiger partial charge < -0.3 is 9.64 Å². The monoisotopic (exact) mass is 316 g/mol. The summed E-state index contributed by atoms with van der Waals surface area (Å²) >= 11 is 0. The lowest BCUT2D eigenvalue weighted by Gasteiger charge is -2.33. The Bertz CT molecular complexity index is 598. The molecule has 0 unspecified atom stereocenters. The number of nitrogens with zero attached hydrogens (tertiary/aromatic N) is 3. The standard InChI is InChI=1S/C12H20N4O4S/c1-9-12(10(2)14-13-9)21(18,19)16-6-4-15(5-7-16)11(17)8-20-3/h4-8H2,1-3H3,(H,13,14). The van der Waals surface area contributed by atoms with E-state index in [4.69, 9.17) is 4.74 Å². The number of methoxy groups -OCH3 is 1. The maximum Gasteiger partial charge on any atom is 0.248 e. The molecule has 0 bridgehead atoms. The van der Waals surface area contributed by atoms with Crippen molar-refractivity contribution in [3.8, 4) is 0 Å². The van der Waals surface area contributed by atoms with Crippen LogP contribution in [0.3, 0.4) is 0 Å². The molecule has 8 nitrogen and oxygen atoms in total. The van der Waals surface area contributed by atoms with Crippen molar-refractivity contribution in [3.05, 3.63) is 11.4 Å². The third kappa shape index (κ3) is 3.09. The number of ether oxygens (including phenoxy) is 1. The summed E-state index contributed by atoms with van der Waals surface area (Å²) in [6, 6.07) is 0. The summed E-state index contributed by atoms with van der Waals surface area (Å²) in [5, 5.41) is 6.62. The van der Waals surface area contributed by atoms with Crippen LogP contribution in [0.4, 0.5) is 0 Å². The van der Waals surface area contributed by atoms with Crippen molar-refractivity contribution in [2.24, 2.45) is 0 Å². The molecule has 1 N–H and O–H groups in total. The maximum absolute atomic E-state index is 12.6. The molecule has 1 aromatic heterocycles. The number of nitrogens with one attached hydrogen (secondary N) is 1. The Hall–Kier alpha value is -1.45. The Morgan fingerprint density at radius 1 is 1.29 bits per heavy atom. The first-order valence-electron chi connectivity index (χ1n) is 6.66. The van der Waals surface area contributed by atoms with Gasteiger partial charge in [0, 0.05) is 33.3 Å². The van der Waals surface area contributed by atoms with Gasteiger partial charge in [-0.1, -0.05) is 0 Å². The molecule has 1 aliphatic rings. The minimum absolute atomic E-state index is 0.0205. The Kier molecular flexibility index (Phi) is 4.64. The van der Waals surface area contributed by atoms with Crippen LogP contribution in [0.5, 0.6) is 0 Å². The van der Waals surface area contributed by atoms with E-state index in [1.54, 1.807) is 18.7 Å². The molecule has 9 heteroatoms. The van der Waals surface area contributed by atoms with Gasteiger partial charge in [0.2, 0.25) is 15.9 Å². The molecule has 0 spiro atoms. The average molecular weight is 316 g/mol. The number of piperazine rings is 1. The molecule has 0 atom stereocenters. The van der Waals surface area contributed by atoms with Gasteiger partial charge in [-0.05, 0) is 13.8 Å². The highest BCUT2D eigenvalue weighted by Crippen LogP contribution is 2.22. The molecule has 0 radical (unpaired) electrons. The number of carbonyl (C=O) groups excluding carboxylic acids is 1. The highest BCUT2D eigenvalue weighted by Gasteiger charge is 2.33. The number of sulfonamides is 1. The first kappa shape index (κ1) is 15.9. The van der Waals surface area contributed by atoms with Crippen molar-refractivity contribution < 1.29 is 17.9 Å². The molecular weight excluding hydrogens is 296 g/mol. The van der Waals surface area contributed by atoms with Crippen molar-refractivity contribution in [3.63, 3.8) is 0 Å². The van der Waals surface area contributed by atoms with Gasteiger partial charge in [0.05, 0.1) is 11.4 Å². The van der Waals surface area contributed by atoms with Crippen LogP contribution < -0.4 is 0 Å².